The first-order chi connectivity index (χ1) is 11.2. The first-order valence-corrected chi connectivity index (χ1v) is 9.53. The fourth-order valence-electron chi connectivity index (χ4n) is 1.94. The summed E-state index contributed by atoms with van der Waals surface area (Å²) in [6.07, 6.45) is 0. The average Bonchev–Trinajstić information content (AvgIpc) is 2.92. The quantitative estimate of drug-likeness (QED) is 0.762. The highest BCUT2D eigenvalue weighted by Gasteiger charge is 2.24. The van der Waals surface area contributed by atoms with Crippen LogP contribution in [0, 0.1) is 5.82 Å². The van der Waals surface area contributed by atoms with Gasteiger partial charge in [0, 0.05) is 19.0 Å². The highest BCUT2D eigenvalue weighted by molar-refractivity contribution is 7.89. The first kappa shape index (κ1) is 18.9. The molecular formula is C15H16ClFN2O3S2. The van der Waals surface area contributed by atoms with Crippen molar-refractivity contribution < 1.29 is 17.6 Å². The summed E-state index contributed by atoms with van der Waals surface area (Å²) in [4.78, 5) is 14.5. The third-order valence-electron chi connectivity index (χ3n) is 3.33. The van der Waals surface area contributed by atoms with E-state index in [4.69, 9.17) is 11.6 Å². The van der Waals surface area contributed by atoms with E-state index >= 15 is 0 Å². The summed E-state index contributed by atoms with van der Waals surface area (Å²) in [6.45, 7) is 0.0377. The Morgan fingerprint density at radius 3 is 2.33 bits per heavy atom. The molecule has 9 heteroatoms. The van der Waals surface area contributed by atoms with E-state index in [0.717, 1.165) is 21.3 Å². The number of benzene rings is 1. The Morgan fingerprint density at radius 1 is 1.17 bits per heavy atom. The molecule has 0 N–H and O–H groups in total. The smallest absolute Gasteiger partial charge is 0.243 e. The van der Waals surface area contributed by atoms with E-state index in [-0.39, 0.29) is 17.3 Å². The van der Waals surface area contributed by atoms with Gasteiger partial charge in [0.15, 0.2) is 0 Å². The van der Waals surface area contributed by atoms with Gasteiger partial charge in [-0.05, 0) is 36.4 Å². The minimum atomic E-state index is -3.85. The molecule has 1 aromatic carbocycles. The average molecular weight is 391 g/mol. The number of carbonyl (C=O) groups is 1. The van der Waals surface area contributed by atoms with E-state index in [9.17, 15) is 17.6 Å². The second-order valence-corrected chi connectivity index (χ2v) is 9.02. The van der Waals surface area contributed by atoms with Crippen LogP contribution >= 0.6 is 22.9 Å². The number of nitrogens with zero attached hydrogens (tertiary/aromatic N) is 2. The number of thiophene rings is 1. The molecular weight excluding hydrogens is 375 g/mol. The van der Waals surface area contributed by atoms with Crippen LogP contribution in [0.5, 0.6) is 0 Å². The van der Waals surface area contributed by atoms with Gasteiger partial charge in [-0.15, -0.1) is 11.3 Å². The fourth-order valence-corrected chi connectivity index (χ4v) is 4.20. The summed E-state index contributed by atoms with van der Waals surface area (Å²) < 4.78 is 39.3. The van der Waals surface area contributed by atoms with Crippen molar-refractivity contribution in [3.63, 3.8) is 0 Å². The van der Waals surface area contributed by atoms with Crippen molar-refractivity contribution in [2.75, 3.05) is 20.6 Å². The van der Waals surface area contributed by atoms with E-state index in [1.807, 2.05) is 6.07 Å². The number of sulfonamides is 1. The predicted molar refractivity (Wildman–Crippen MR) is 92.0 cm³/mol. The molecule has 0 saturated carbocycles. The standard InChI is InChI=1S/C15H16ClFN2O3S2/c1-18(9-12-5-8-14(16)23-12)15(20)10-19(2)24(21,22)13-6-3-11(17)4-7-13/h3-8H,9-10H2,1-2H3. The Labute approximate surface area is 149 Å². The zero-order valence-corrected chi connectivity index (χ0v) is 15.5. The zero-order chi connectivity index (χ0) is 17.9. The van der Waals surface area contributed by atoms with Crippen molar-refractivity contribution in [3.05, 3.63) is 51.4 Å². The molecule has 0 atom stereocenters. The Morgan fingerprint density at radius 2 is 1.79 bits per heavy atom. The maximum atomic E-state index is 12.9. The van der Waals surface area contributed by atoms with Crippen LogP contribution < -0.4 is 0 Å². The molecule has 5 nitrogen and oxygen atoms in total. The molecule has 2 rings (SSSR count). The number of rotatable bonds is 6. The third kappa shape index (κ3) is 4.54. The largest absolute Gasteiger partial charge is 0.339 e. The molecule has 0 spiro atoms. The van der Waals surface area contributed by atoms with Crippen molar-refractivity contribution in [2.45, 2.75) is 11.4 Å². The van der Waals surface area contributed by atoms with Crippen molar-refractivity contribution in [1.82, 2.24) is 9.21 Å². The van der Waals surface area contributed by atoms with Crippen LogP contribution in [-0.2, 0) is 21.4 Å². The van der Waals surface area contributed by atoms with Gasteiger partial charge in [-0.2, -0.15) is 4.31 Å². The van der Waals surface area contributed by atoms with Crippen LogP contribution in [0.3, 0.4) is 0 Å². The Balaban J connectivity index is 2.03. The van der Waals surface area contributed by atoms with E-state index in [0.29, 0.717) is 10.9 Å². The number of likely N-dealkylation sites (N-methyl/N-ethyl adjacent to an activating group) is 2. The number of halogens is 2. The number of hydrogen-bond acceptors (Lipinski definition) is 4. The molecule has 0 aliphatic carbocycles. The molecule has 1 aromatic heterocycles. The lowest BCUT2D eigenvalue weighted by Gasteiger charge is -2.21. The summed E-state index contributed by atoms with van der Waals surface area (Å²) in [5, 5.41) is 0. The third-order valence-corrected chi connectivity index (χ3v) is 6.36. The highest BCUT2D eigenvalue weighted by Crippen LogP contribution is 2.22. The molecule has 0 fully saturated rings. The van der Waals surface area contributed by atoms with Gasteiger partial charge < -0.3 is 4.90 Å². The maximum absolute atomic E-state index is 12.9. The van der Waals surface area contributed by atoms with Crippen molar-refractivity contribution >= 4 is 38.9 Å². The SMILES string of the molecule is CN(Cc1ccc(Cl)s1)C(=O)CN(C)S(=O)(=O)c1ccc(F)cc1. The van der Waals surface area contributed by atoms with Crippen molar-refractivity contribution in [2.24, 2.45) is 0 Å². The molecule has 0 bridgehead atoms. The van der Waals surface area contributed by atoms with Gasteiger partial charge in [0.25, 0.3) is 0 Å². The summed E-state index contributed by atoms with van der Waals surface area (Å²) in [5.41, 5.74) is 0. The lowest BCUT2D eigenvalue weighted by atomic mass is 10.4. The van der Waals surface area contributed by atoms with E-state index in [1.54, 1.807) is 13.1 Å². The van der Waals surface area contributed by atoms with Crippen molar-refractivity contribution in [1.29, 1.82) is 0 Å². The summed E-state index contributed by atoms with van der Waals surface area (Å²) >= 11 is 7.21. The lowest BCUT2D eigenvalue weighted by molar-refractivity contribution is -0.130. The Kier molecular flexibility index (Phi) is 5.97. The first-order valence-electron chi connectivity index (χ1n) is 6.90. The van der Waals surface area contributed by atoms with Gasteiger partial charge in [0.1, 0.15) is 5.82 Å². The molecule has 1 heterocycles. The number of amides is 1. The van der Waals surface area contributed by atoms with Gasteiger partial charge in [0.2, 0.25) is 15.9 Å². The summed E-state index contributed by atoms with van der Waals surface area (Å²) in [7, 11) is -0.949. The van der Waals surface area contributed by atoms with Crippen LogP contribution in [0.25, 0.3) is 0 Å². The lowest BCUT2D eigenvalue weighted by Crippen LogP contribution is -2.39. The van der Waals surface area contributed by atoms with E-state index in [1.165, 1.54) is 35.4 Å². The monoisotopic (exact) mass is 390 g/mol. The van der Waals surface area contributed by atoms with Crippen LogP contribution in [0.15, 0.2) is 41.3 Å². The topological polar surface area (TPSA) is 57.7 Å². The van der Waals surface area contributed by atoms with Crippen LogP contribution in [0.2, 0.25) is 4.34 Å². The molecule has 0 radical (unpaired) electrons. The Bertz CT molecular complexity index is 821. The van der Waals surface area contributed by atoms with Gasteiger partial charge in [-0.25, -0.2) is 12.8 Å². The molecule has 2 aromatic rings. The van der Waals surface area contributed by atoms with Crippen LogP contribution in [0.4, 0.5) is 4.39 Å². The normalized spacial score (nSPS) is 11.7. The second-order valence-electron chi connectivity index (χ2n) is 5.17. The molecule has 0 aliphatic heterocycles. The molecule has 0 unspecified atom stereocenters. The van der Waals surface area contributed by atoms with Crippen molar-refractivity contribution in [3.8, 4) is 0 Å². The van der Waals surface area contributed by atoms with Gasteiger partial charge in [-0.3, -0.25) is 4.79 Å². The van der Waals surface area contributed by atoms with Crippen LogP contribution in [-0.4, -0.2) is 44.2 Å². The number of hydrogen-bond donors (Lipinski definition) is 0. The number of carbonyl (C=O) groups excluding carboxylic acids is 1. The molecule has 0 aliphatic rings. The zero-order valence-electron chi connectivity index (χ0n) is 13.1. The van der Waals surface area contributed by atoms with E-state index < -0.39 is 15.8 Å². The van der Waals surface area contributed by atoms with Crippen LogP contribution in [0.1, 0.15) is 4.88 Å². The predicted octanol–water partition coefficient (Wildman–Crippen LogP) is 2.82. The molecule has 24 heavy (non-hydrogen) atoms. The minimum Gasteiger partial charge on any atom is -0.339 e. The second kappa shape index (κ2) is 7.60. The Hall–Kier alpha value is -1.48. The summed E-state index contributed by atoms with van der Waals surface area (Å²) in [6, 6.07) is 8.02. The van der Waals surface area contributed by atoms with Gasteiger partial charge in [0.05, 0.1) is 22.3 Å². The molecule has 0 saturated heterocycles. The minimum absolute atomic E-state index is 0.0631. The molecule has 130 valence electrons. The van der Waals surface area contributed by atoms with Gasteiger partial charge in [-0.1, -0.05) is 11.6 Å². The van der Waals surface area contributed by atoms with E-state index in [2.05, 4.69) is 0 Å². The van der Waals surface area contributed by atoms with Gasteiger partial charge >= 0.3 is 0 Å². The fraction of sp³-hybridized carbons (Fsp3) is 0.267. The highest BCUT2D eigenvalue weighted by atomic mass is 35.5. The molecule has 1 amide bonds. The maximum Gasteiger partial charge on any atom is 0.243 e. The summed E-state index contributed by atoms with van der Waals surface area (Å²) in [5.74, 6) is -0.880.